The number of methoxy groups -OCH3 is 1. The molecule has 6 heteroatoms. The highest BCUT2D eigenvalue weighted by atomic mass is 16.5. The molecule has 2 bridgehead atoms. The van der Waals surface area contributed by atoms with Gasteiger partial charge in [0.2, 0.25) is 0 Å². The Labute approximate surface area is 134 Å². The molecule has 0 spiro atoms. The second-order valence-electron chi connectivity index (χ2n) is 6.18. The van der Waals surface area contributed by atoms with E-state index < -0.39 is 0 Å². The number of anilines is 1. The van der Waals surface area contributed by atoms with Crippen LogP contribution in [-0.2, 0) is 6.54 Å². The Morgan fingerprint density at radius 3 is 2.74 bits per heavy atom. The molecule has 5 rings (SSSR count). The van der Waals surface area contributed by atoms with Crippen LogP contribution in [0.5, 0.6) is 11.5 Å². The zero-order valence-corrected chi connectivity index (χ0v) is 13.2. The van der Waals surface area contributed by atoms with Crippen LogP contribution in [0.1, 0.15) is 24.5 Å². The molecule has 0 saturated carbocycles. The third-order valence-electron chi connectivity index (χ3n) is 4.92. The fraction of sp³-hybridized carbons (Fsp3) is 0.471. The molecule has 1 aromatic carbocycles. The number of hydrogen-bond acceptors (Lipinski definition) is 5. The lowest BCUT2D eigenvalue weighted by Gasteiger charge is -2.39. The molecule has 3 aliphatic heterocycles. The van der Waals surface area contributed by atoms with E-state index in [1.54, 1.807) is 12.1 Å². The highest BCUT2D eigenvalue weighted by Crippen LogP contribution is 2.47. The Kier molecular flexibility index (Phi) is 3.41. The Bertz CT molecular complexity index is 733. The van der Waals surface area contributed by atoms with Crippen molar-refractivity contribution in [3.8, 4) is 22.8 Å². The molecule has 6 nitrogen and oxygen atoms in total. The number of nitrogens with zero attached hydrogens (tertiary/aromatic N) is 3. The molecule has 2 N–H and O–H groups in total. The van der Waals surface area contributed by atoms with Gasteiger partial charge in [0.15, 0.2) is 11.5 Å². The fourth-order valence-electron chi connectivity index (χ4n) is 3.81. The van der Waals surface area contributed by atoms with Gasteiger partial charge in [0.25, 0.3) is 0 Å². The van der Waals surface area contributed by atoms with Crippen molar-refractivity contribution in [1.82, 2.24) is 9.78 Å². The summed E-state index contributed by atoms with van der Waals surface area (Å²) in [5.41, 5.74) is 4.20. The first-order valence-corrected chi connectivity index (χ1v) is 8.06. The summed E-state index contributed by atoms with van der Waals surface area (Å²) in [6.07, 6.45) is 2.30. The number of aliphatic hydroxyl groups excluding tert-OH is 1. The number of rotatable bonds is 4. The van der Waals surface area contributed by atoms with E-state index in [-0.39, 0.29) is 12.4 Å². The van der Waals surface area contributed by atoms with Gasteiger partial charge in [-0.1, -0.05) is 0 Å². The summed E-state index contributed by atoms with van der Waals surface area (Å²) in [5, 5.41) is 24.3. The summed E-state index contributed by atoms with van der Waals surface area (Å²) in [5.74, 6) is 1.09. The first-order valence-electron chi connectivity index (χ1n) is 8.06. The van der Waals surface area contributed by atoms with E-state index in [0.29, 0.717) is 18.2 Å². The molecule has 3 aliphatic rings. The first kappa shape index (κ1) is 14.4. The van der Waals surface area contributed by atoms with Crippen molar-refractivity contribution in [2.75, 3.05) is 31.7 Å². The Morgan fingerprint density at radius 2 is 2.09 bits per heavy atom. The maximum Gasteiger partial charge on any atom is 0.160 e. The standard InChI is InChI=1S/C17H21N3O3/c1-23-14-3-2-12(10-13(14)22)16-17-15(18-20(16)8-9-21)11-4-6-19(17)7-5-11/h2-3,10-11,21-22H,4-9H2,1H3. The first-order chi connectivity index (χ1) is 11.2. The van der Waals surface area contributed by atoms with Crippen LogP contribution < -0.4 is 9.64 Å². The number of fused-ring (bicyclic) bond motifs is 2. The number of aromatic hydroxyl groups is 1. The van der Waals surface area contributed by atoms with Gasteiger partial charge in [-0.05, 0) is 31.0 Å². The molecule has 0 unspecified atom stereocenters. The van der Waals surface area contributed by atoms with Crippen molar-refractivity contribution in [2.45, 2.75) is 25.3 Å². The van der Waals surface area contributed by atoms with Crippen LogP contribution in [0.3, 0.4) is 0 Å². The van der Waals surface area contributed by atoms with Gasteiger partial charge in [0.05, 0.1) is 37.3 Å². The normalized spacial score (nSPS) is 16.7. The topological polar surface area (TPSA) is 70.8 Å². The van der Waals surface area contributed by atoms with E-state index in [1.165, 1.54) is 12.8 Å². The lowest BCUT2D eigenvalue weighted by molar-refractivity contribution is 0.269. The Hall–Kier alpha value is -2.21. The lowest BCUT2D eigenvalue weighted by Crippen LogP contribution is -2.38. The molecular formula is C17H21N3O3. The average Bonchev–Trinajstić information content (AvgIpc) is 2.97. The van der Waals surface area contributed by atoms with Gasteiger partial charge < -0.3 is 19.8 Å². The highest BCUT2D eigenvalue weighted by molar-refractivity contribution is 5.80. The van der Waals surface area contributed by atoms with Crippen molar-refractivity contribution in [3.05, 3.63) is 23.9 Å². The molecule has 0 atom stereocenters. The summed E-state index contributed by atoms with van der Waals surface area (Å²) in [6, 6.07) is 5.42. The van der Waals surface area contributed by atoms with Crippen molar-refractivity contribution in [2.24, 2.45) is 0 Å². The summed E-state index contributed by atoms with van der Waals surface area (Å²) in [4.78, 5) is 2.38. The molecule has 1 fully saturated rings. The van der Waals surface area contributed by atoms with Gasteiger partial charge in [-0.25, -0.2) is 0 Å². The number of hydrogen-bond donors (Lipinski definition) is 2. The summed E-state index contributed by atoms with van der Waals surface area (Å²) >= 11 is 0. The SMILES string of the molecule is COc1ccc(-c2c3c(nn2CCO)C2CCN3CC2)cc1O. The molecular weight excluding hydrogens is 294 g/mol. The predicted octanol–water partition coefficient (Wildman–Crippen LogP) is 1.95. The van der Waals surface area contributed by atoms with Crippen molar-refractivity contribution < 1.29 is 14.9 Å². The second-order valence-corrected chi connectivity index (χ2v) is 6.18. The van der Waals surface area contributed by atoms with Gasteiger partial charge in [-0.3, -0.25) is 4.68 Å². The van der Waals surface area contributed by atoms with E-state index in [0.717, 1.165) is 42.9 Å². The molecule has 0 amide bonds. The van der Waals surface area contributed by atoms with Crippen LogP contribution in [0.25, 0.3) is 11.3 Å². The summed E-state index contributed by atoms with van der Waals surface area (Å²) in [7, 11) is 1.54. The molecule has 4 heterocycles. The third-order valence-corrected chi connectivity index (χ3v) is 4.92. The molecule has 1 aromatic heterocycles. The van der Waals surface area contributed by atoms with Gasteiger partial charge in [-0.2, -0.15) is 5.10 Å². The largest absolute Gasteiger partial charge is 0.504 e. The van der Waals surface area contributed by atoms with Crippen LogP contribution in [0.2, 0.25) is 0 Å². The minimum absolute atomic E-state index is 0.0420. The number of ether oxygens (including phenoxy) is 1. The molecule has 1 saturated heterocycles. The van der Waals surface area contributed by atoms with Crippen LogP contribution in [-0.4, -0.2) is 46.8 Å². The quantitative estimate of drug-likeness (QED) is 0.902. The number of piperidine rings is 1. The minimum Gasteiger partial charge on any atom is -0.504 e. The molecule has 122 valence electrons. The van der Waals surface area contributed by atoms with Crippen molar-refractivity contribution in [1.29, 1.82) is 0 Å². The minimum atomic E-state index is 0.0420. The number of aliphatic hydroxyl groups is 1. The van der Waals surface area contributed by atoms with Gasteiger partial charge in [-0.15, -0.1) is 0 Å². The van der Waals surface area contributed by atoms with Crippen LogP contribution >= 0.6 is 0 Å². The third kappa shape index (κ3) is 2.16. The van der Waals surface area contributed by atoms with E-state index in [1.807, 2.05) is 10.7 Å². The zero-order valence-electron chi connectivity index (χ0n) is 13.2. The van der Waals surface area contributed by atoms with Gasteiger partial charge >= 0.3 is 0 Å². The smallest absolute Gasteiger partial charge is 0.160 e. The highest BCUT2D eigenvalue weighted by Gasteiger charge is 2.37. The van der Waals surface area contributed by atoms with Crippen LogP contribution in [0.15, 0.2) is 18.2 Å². The maximum atomic E-state index is 10.1. The van der Waals surface area contributed by atoms with Crippen LogP contribution in [0, 0.1) is 0 Å². The van der Waals surface area contributed by atoms with E-state index >= 15 is 0 Å². The van der Waals surface area contributed by atoms with Gasteiger partial charge in [0, 0.05) is 24.6 Å². The average molecular weight is 315 g/mol. The van der Waals surface area contributed by atoms with E-state index in [2.05, 4.69) is 4.90 Å². The monoisotopic (exact) mass is 315 g/mol. The van der Waals surface area contributed by atoms with E-state index in [4.69, 9.17) is 9.84 Å². The van der Waals surface area contributed by atoms with Gasteiger partial charge in [0.1, 0.15) is 0 Å². The number of phenols is 1. The predicted molar refractivity (Wildman–Crippen MR) is 87.2 cm³/mol. The Morgan fingerprint density at radius 1 is 1.30 bits per heavy atom. The molecule has 2 aromatic rings. The Balaban J connectivity index is 1.89. The fourth-order valence-corrected chi connectivity index (χ4v) is 3.81. The summed E-state index contributed by atoms with van der Waals surface area (Å²) in [6.45, 7) is 2.60. The summed E-state index contributed by atoms with van der Waals surface area (Å²) < 4.78 is 7.01. The lowest BCUT2D eigenvalue weighted by atomic mass is 9.86. The molecule has 0 radical (unpaired) electrons. The molecule has 0 aliphatic carbocycles. The van der Waals surface area contributed by atoms with Crippen molar-refractivity contribution in [3.63, 3.8) is 0 Å². The second kappa shape index (κ2) is 5.45. The van der Waals surface area contributed by atoms with Crippen LogP contribution in [0.4, 0.5) is 5.69 Å². The number of phenolic OH excluding ortho intramolecular Hbond substituents is 1. The van der Waals surface area contributed by atoms with Crippen molar-refractivity contribution >= 4 is 5.69 Å². The van der Waals surface area contributed by atoms with E-state index in [9.17, 15) is 10.2 Å². The number of benzene rings is 1. The molecule has 23 heavy (non-hydrogen) atoms. The zero-order chi connectivity index (χ0) is 16.0. The number of aromatic nitrogens is 2. The maximum absolute atomic E-state index is 10.1.